The fourth-order valence-electron chi connectivity index (χ4n) is 2.43. The molecule has 8 heteroatoms. The van der Waals surface area contributed by atoms with Gasteiger partial charge in [0.1, 0.15) is 11.2 Å². The van der Waals surface area contributed by atoms with Crippen molar-refractivity contribution in [2.24, 2.45) is 0 Å². The minimum Gasteiger partial charge on any atom is -0.298 e. The number of hydrogen-bond donors (Lipinski definition) is 1. The molecule has 0 bridgehead atoms. The normalized spacial score (nSPS) is 10.8. The highest BCUT2D eigenvalue weighted by Gasteiger charge is 2.15. The molecule has 0 spiro atoms. The third kappa shape index (κ3) is 3.10. The summed E-state index contributed by atoms with van der Waals surface area (Å²) in [6.45, 7) is 0. The summed E-state index contributed by atoms with van der Waals surface area (Å²) in [6.07, 6.45) is 2.85. The molecule has 1 N–H and O–H groups in total. The van der Waals surface area contributed by atoms with Gasteiger partial charge >= 0.3 is 0 Å². The highest BCUT2D eigenvalue weighted by Crippen LogP contribution is 2.26. The Morgan fingerprint density at radius 1 is 1.15 bits per heavy atom. The topological polar surface area (TPSA) is 76.4 Å². The Labute approximate surface area is 156 Å². The third-order valence-corrected chi connectivity index (χ3v) is 4.73. The van der Waals surface area contributed by atoms with Crippen molar-refractivity contribution in [3.63, 3.8) is 0 Å². The molecule has 26 heavy (non-hydrogen) atoms. The van der Waals surface area contributed by atoms with Gasteiger partial charge in [-0.15, -0.1) is 11.3 Å². The molecule has 3 aromatic heterocycles. The van der Waals surface area contributed by atoms with Crippen LogP contribution in [0.5, 0.6) is 0 Å². The number of fused-ring (bicyclic) bond motifs is 1. The summed E-state index contributed by atoms with van der Waals surface area (Å²) >= 11 is 7.16. The first-order valence-corrected chi connectivity index (χ1v) is 8.87. The average molecular weight is 383 g/mol. The predicted octanol–water partition coefficient (Wildman–Crippen LogP) is 3.72. The average Bonchev–Trinajstić information content (AvgIpc) is 3.11. The van der Waals surface area contributed by atoms with Crippen LogP contribution < -0.4 is 10.9 Å². The largest absolute Gasteiger partial charge is 0.298 e. The van der Waals surface area contributed by atoms with E-state index in [1.54, 1.807) is 36.5 Å². The summed E-state index contributed by atoms with van der Waals surface area (Å²) in [5.74, 6) is -0.544. The highest BCUT2D eigenvalue weighted by atomic mass is 35.5. The van der Waals surface area contributed by atoms with Gasteiger partial charge in [0.15, 0.2) is 5.13 Å². The molecule has 0 aliphatic heterocycles. The van der Waals surface area contributed by atoms with Gasteiger partial charge in [-0.2, -0.15) is 0 Å². The summed E-state index contributed by atoms with van der Waals surface area (Å²) in [5.41, 5.74) is 1.61. The summed E-state index contributed by atoms with van der Waals surface area (Å²) < 4.78 is 1.33. The van der Waals surface area contributed by atoms with Gasteiger partial charge in [0.05, 0.1) is 5.69 Å². The molecule has 0 fully saturated rings. The minimum absolute atomic E-state index is 0.0445. The Morgan fingerprint density at radius 2 is 1.96 bits per heavy atom. The molecule has 0 unspecified atom stereocenters. The lowest BCUT2D eigenvalue weighted by molar-refractivity contribution is 0.102. The maximum atomic E-state index is 12.5. The molecular weight excluding hydrogens is 372 g/mol. The first-order chi connectivity index (χ1) is 12.6. The van der Waals surface area contributed by atoms with Crippen molar-refractivity contribution in [3.8, 4) is 11.3 Å². The number of carbonyl (C=O) groups excluding carboxylic acids is 1. The minimum atomic E-state index is -0.544. The molecule has 0 atom stereocenters. The first kappa shape index (κ1) is 16.4. The Bertz CT molecular complexity index is 1170. The molecule has 1 amide bonds. The van der Waals surface area contributed by atoms with Gasteiger partial charge in [0, 0.05) is 28.4 Å². The monoisotopic (exact) mass is 382 g/mol. The van der Waals surface area contributed by atoms with Crippen molar-refractivity contribution in [1.29, 1.82) is 0 Å². The SMILES string of the molecule is O=C(Nc1nc(-c2ccc(Cl)cc2)cs1)c1cnc2ccccn2c1=O. The van der Waals surface area contributed by atoms with Crippen LogP contribution in [-0.4, -0.2) is 20.3 Å². The van der Waals surface area contributed by atoms with Crippen LogP contribution in [0.2, 0.25) is 5.02 Å². The zero-order chi connectivity index (χ0) is 18.1. The molecule has 1 aromatic carbocycles. The van der Waals surface area contributed by atoms with Crippen LogP contribution in [0.15, 0.2) is 65.0 Å². The number of halogens is 1. The standard InChI is InChI=1S/C18H11ClN4O2S/c19-12-6-4-11(5-7-12)14-10-26-18(21-14)22-16(24)13-9-20-15-3-1-2-8-23(15)17(13)25/h1-10H,(H,21,22,24). The second kappa shape index (κ2) is 6.70. The highest BCUT2D eigenvalue weighted by molar-refractivity contribution is 7.14. The van der Waals surface area contributed by atoms with Crippen molar-refractivity contribution in [3.05, 3.63) is 81.2 Å². The molecule has 3 heterocycles. The zero-order valence-electron chi connectivity index (χ0n) is 13.2. The molecule has 128 valence electrons. The van der Waals surface area contributed by atoms with Gasteiger partial charge in [-0.1, -0.05) is 29.8 Å². The molecule has 0 saturated heterocycles. The van der Waals surface area contributed by atoms with Gasteiger partial charge in [0.2, 0.25) is 0 Å². The maximum Gasteiger partial charge on any atom is 0.270 e. The van der Waals surface area contributed by atoms with E-state index < -0.39 is 11.5 Å². The number of nitrogens with one attached hydrogen (secondary N) is 1. The van der Waals surface area contributed by atoms with E-state index in [-0.39, 0.29) is 5.56 Å². The van der Waals surface area contributed by atoms with Crippen LogP contribution in [0.4, 0.5) is 5.13 Å². The third-order valence-electron chi connectivity index (χ3n) is 3.72. The van der Waals surface area contributed by atoms with Crippen LogP contribution in [0.25, 0.3) is 16.9 Å². The number of thiazole rings is 1. The predicted molar refractivity (Wildman–Crippen MR) is 102 cm³/mol. The summed E-state index contributed by atoms with van der Waals surface area (Å²) in [7, 11) is 0. The van der Waals surface area contributed by atoms with E-state index in [0.29, 0.717) is 15.8 Å². The lowest BCUT2D eigenvalue weighted by Crippen LogP contribution is -2.26. The van der Waals surface area contributed by atoms with Gasteiger partial charge < -0.3 is 0 Å². The van der Waals surface area contributed by atoms with E-state index in [1.807, 2.05) is 17.5 Å². The fourth-order valence-corrected chi connectivity index (χ4v) is 3.27. The number of pyridine rings is 1. The van der Waals surface area contributed by atoms with Crippen molar-refractivity contribution in [2.45, 2.75) is 0 Å². The molecule has 0 saturated carbocycles. The van der Waals surface area contributed by atoms with Gasteiger partial charge in [-0.25, -0.2) is 9.97 Å². The van der Waals surface area contributed by atoms with Crippen molar-refractivity contribution in [1.82, 2.24) is 14.4 Å². The quantitative estimate of drug-likeness (QED) is 0.585. The van der Waals surface area contributed by atoms with Crippen molar-refractivity contribution in [2.75, 3.05) is 5.32 Å². The molecule has 0 aliphatic carbocycles. The Morgan fingerprint density at radius 3 is 2.77 bits per heavy atom. The van der Waals surface area contributed by atoms with Crippen molar-refractivity contribution < 1.29 is 4.79 Å². The number of benzene rings is 1. The lowest BCUT2D eigenvalue weighted by Gasteiger charge is -2.03. The number of aromatic nitrogens is 3. The van der Waals surface area contributed by atoms with E-state index in [2.05, 4.69) is 15.3 Å². The fraction of sp³-hybridized carbons (Fsp3) is 0. The maximum absolute atomic E-state index is 12.5. The Hall–Kier alpha value is -3.03. The number of anilines is 1. The van der Waals surface area contributed by atoms with E-state index >= 15 is 0 Å². The van der Waals surface area contributed by atoms with E-state index in [9.17, 15) is 9.59 Å². The second-order valence-corrected chi connectivity index (χ2v) is 6.70. The first-order valence-electron chi connectivity index (χ1n) is 7.61. The van der Waals surface area contributed by atoms with Gasteiger partial charge in [0.25, 0.3) is 11.5 Å². The van der Waals surface area contributed by atoms with Crippen LogP contribution in [-0.2, 0) is 0 Å². The van der Waals surface area contributed by atoms with Crippen LogP contribution in [0.1, 0.15) is 10.4 Å². The molecule has 6 nitrogen and oxygen atoms in total. The smallest absolute Gasteiger partial charge is 0.270 e. The molecular formula is C18H11ClN4O2S. The van der Waals surface area contributed by atoms with Gasteiger partial charge in [-0.05, 0) is 24.3 Å². The summed E-state index contributed by atoms with van der Waals surface area (Å²) in [4.78, 5) is 33.4. The van der Waals surface area contributed by atoms with Crippen LogP contribution >= 0.6 is 22.9 Å². The Balaban J connectivity index is 1.60. The zero-order valence-corrected chi connectivity index (χ0v) is 14.8. The van der Waals surface area contributed by atoms with Crippen molar-refractivity contribution >= 4 is 39.6 Å². The second-order valence-electron chi connectivity index (χ2n) is 5.40. The number of rotatable bonds is 3. The van der Waals surface area contributed by atoms with E-state index in [0.717, 1.165) is 11.3 Å². The number of nitrogens with zero attached hydrogens (tertiary/aromatic N) is 3. The number of carbonyl (C=O) groups is 1. The van der Waals surface area contributed by atoms with Crippen LogP contribution in [0, 0.1) is 0 Å². The molecule has 4 aromatic rings. The molecule has 4 rings (SSSR count). The summed E-state index contributed by atoms with van der Waals surface area (Å²) in [5, 5.41) is 5.52. The number of hydrogen-bond acceptors (Lipinski definition) is 5. The number of amides is 1. The van der Waals surface area contributed by atoms with Gasteiger partial charge in [-0.3, -0.25) is 19.3 Å². The Kier molecular flexibility index (Phi) is 4.24. The molecule has 0 radical (unpaired) electrons. The molecule has 0 aliphatic rings. The van der Waals surface area contributed by atoms with E-state index in [1.165, 1.54) is 21.9 Å². The summed E-state index contributed by atoms with van der Waals surface area (Å²) in [6, 6.07) is 12.4. The lowest BCUT2D eigenvalue weighted by atomic mass is 10.2. The van der Waals surface area contributed by atoms with Crippen LogP contribution in [0.3, 0.4) is 0 Å². The van der Waals surface area contributed by atoms with E-state index in [4.69, 9.17) is 11.6 Å².